The normalized spacial score (nSPS) is 21.2. The van der Waals surface area contributed by atoms with Crippen molar-refractivity contribution in [2.24, 2.45) is 11.7 Å². The number of hydrogen-bond donors (Lipinski definition) is 2. The molecule has 2 atom stereocenters. The minimum absolute atomic E-state index is 0.0176. The number of hydrogen-bond acceptors (Lipinski definition) is 5. The summed E-state index contributed by atoms with van der Waals surface area (Å²) in [4.78, 5) is 39.1. The Kier molecular flexibility index (Phi) is 5.82. The predicted octanol–water partition coefficient (Wildman–Crippen LogP) is 3.62. The molecule has 3 N–H and O–H groups in total. The van der Waals surface area contributed by atoms with Crippen LogP contribution in [0, 0.1) is 5.92 Å². The molecule has 184 valence electrons. The van der Waals surface area contributed by atoms with E-state index < -0.39 is 11.9 Å². The summed E-state index contributed by atoms with van der Waals surface area (Å²) in [5.74, 6) is -0.441. The molecule has 2 fully saturated rings. The molecule has 36 heavy (non-hydrogen) atoms. The van der Waals surface area contributed by atoms with Crippen LogP contribution in [-0.2, 0) is 20.7 Å². The number of amides is 3. The molecule has 0 aromatic heterocycles. The first-order valence-electron chi connectivity index (χ1n) is 12.7. The molecule has 0 aliphatic carbocycles. The maximum atomic E-state index is 13.3. The van der Waals surface area contributed by atoms with Gasteiger partial charge in [-0.2, -0.15) is 0 Å². The lowest BCUT2D eigenvalue weighted by molar-refractivity contribution is -0.134. The highest BCUT2D eigenvalue weighted by molar-refractivity contribution is 6.27. The van der Waals surface area contributed by atoms with E-state index in [0.717, 1.165) is 60.1 Å². The summed E-state index contributed by atoms with van der Waals surface area (Å²) in [5, 5.41) is 4.26. The Morgan fingerprint density at radius 3 is 2.50 bits per heavy atom. The molecule has 6 rings (SSSR count). The number of rotatable bonds is 5. The molecule has 0 radical (unpaired) electrons. The quantitative estimate of drug-likeness (QED) is 0.540. The van der Waals surface area contributed by atoms with Crippen LogP contribution in [0.25, 0.3) is 10.8 Å². The van der Waals surface area contributed by atoms with Crippen molar-refractivity contribution in [1.29, 1.82) is 0 Å². The first-order valence-corrected chi connectivity index (χ1v) is 12.7. The number of carbonyl (C=O) groups excluding carboxylic acids is 3. The van der Waals surface area contributed by atoms with E-state index in [-0.39, 0.29) is 24.3 Å². The van der Waals surface area contributed by atoms with Crippen molar-refractivity contribution in [2.45, 2.75) is 44.2 Å². The number of carbonyl (C=O) groups is 3. The maximum Gasteiger partial charge on any atom is 0.259 e. The molecule has 2 saturated heterocycles. The van der Waals surface area contributed by atoms with Crippen molar-refractivity contribution in [3.8, 4) is 0 Å². The molecule has 3 aliphatic rings. The van der Waals surface area contributed by atoms with Crippen molar-refractivity contribution >= 4 is 34.2 Å². The van der Waals surface area contributed by atoms with Gasteiger partial charge in [0.15, 0.2) is 0 Å². The fourth-order valence-electron chi connectivity index (χ4n) is 5.88. The van der Waals surface area contributed by atoms with Gasteiger partial charge in [-0.3, -0.25) is 24.6 Å². The van der Waals surface area contributed by atoms with E-state index in [1.165, 1.54) is 5.56 Å². The van der Waals surface area contributed by atoms with Crippen molar-refractivity contribution in [2.75, 3.05) is 18.1 Å². The standard InChI is InChI=1S/C29H29N3O4/c30-27(19-12-14-36-15-13-19)18-6-4-17(5-7-18)16-20-8-9-23-26-21(20)2-1-3-22(26)29(35)32(23)24-10-11-25(33)31-28(24)34/h1-9,19,24,27H,10-16,30H2,(H,31,33,34). The van der Waals surface area contributed by atoms with Crippen LogP contribution >= 0.6 is 0 Å². The van der Waals surface area contributed by atoms with Crippen LogP contribution < -0.4 is 16.0 Å². The number of nitrogens with two attached hydrogens (primary N) is 1. The topological polar surface area (TPSA) is 102 Å². The Hall–Kier alpha value is -3.55. The van der Waals surface area contributed by atoms with Crippen molar-refractivity contribution < 1.29 is 19.1 Å². The molecule has 3 aromatic rings. The molecule has 0 saturated carbocycles. The van der Waals surface area contributed by atoms with E-state index in [0.29, 0.717) is 17.9 Å². The van der Waals surface area contributed by atoms with E-state index in [9.17, 15) is 14.4 Å². The van der Waals surface area contributed by atoms with Gasteiger partial charge in [-0.1, -0.05) is 42.5 Å². The van der Waals surface area contributed by atoms with Crippen molar-refractivity contribution in [1.82, 2.24) is 5.32 Å². The highest BCUT2D eigenvalue weighted by Gasteiger charge is 2.40. The molecule has 0 bridgehead atoms. The Labute approximate surface area is 209 Å². The smallest absolute Gasteiger partial charge is 0.259 e. The number of anilines is 1. The van der Waals surface area contributed by atoms with Crippen LogP contribution in [0.5, 0.6) is 0 Å². The minimum atomic E-state index is -0.677. The summed E-state index contributed by atoms with van der Waals surface area (Å²) >= 11 is 0. The lowest BCUT2D eigenvalue weighted by Gasteiger charge is -2.30. The van der Waals surface area contributed by atoms with Gasteiger partial charge < -0.3 is 10.5 Å². The zero-order valence-electron chi connectivity index (χ0n) is 20.0. The lowest BCUT2D eigenvalue weighted by atomic mass is 9.87. The fraction of sp³-hybridized carbons (Fsp3) is 0.345. The summed E-state index contributed by atoms with van der Waals surface area (Å²) < 4.78 is 5.47. The van der Waals surface area contributed by atoms with Crippen LogP contribution in [0.4, 0.5) is 5.69 Å². The van der Waals surface area contributed by atoms with Gasteiger partial charge in [0.05, 0.1) is 5.69 Å². The number of imide groups is 1. The molecule has 2 unspecified atom stereocenters. The van der Waals surface area contributed by atoms with E-state index in [4.69, 9.17) is 10.5 Å². The lowest BCUT2D eigenvalue weighted by Crippen LogP contribution is -2.53. The largest absolute Gasteiger partial charge is 0.381 e. The minimum Gasteiger partial charge on any atom is -0.381 e. The monoisotopic (exact) mass is 483 g/mol. The van der Waals surface area contributed by atoms with Gasteiger partial charge in [0.1, 0.15) is 6.04 Å². The summed E-state index contributed by atoms with van der Waals surface area (Å²) in [6.45, 7) is 1.57. The second kappa shape index (κ2) is 9.15. The third kappa shape index (κ3) is 3.88. The molecule has 3 heterocycles. The second-order valence-corrected chi connectivity index (χ2v) is 10.0. The SMILES string of the molecule is NC(c1ccc(Cc2ccc3c4c(cccc24)C(=O)N3C2CCC(=O)NC2=O)cc1)C1CCOCC1. The van der Waals surface area contributed by atoms with Gasteiger partial charge in [0.2, 0.25) is 11.8 Å². The zero-order chi connectivity index (χ0) is 24.8. The Balaban J connectivity index is 1.28. The van der Waals surface area contributed by atoms with Gasteiger partial charge >= 0.3 is 0 Å². The van der Waals surface area contributed by atoms with Gasteiger partial charge in [0.25, 0.3) is 5.91 Å². The average Bonchev–Trinajstić information content (AvgIpc) is 3.19. The number of piperidine rings is 1. The molecular weight excluding hydrogens is 454 g/mol. The van der Waals surface area contributed by atoms with Crippen LogP contribution in [0.3, 0.4) is 0 Å². The number of ether oxygens (including phenoxy) is 1. The van der Waals surface area contributed by atoms with E-state index in [1.54, 1.807) is 4.90 Å². The highest BCUT2D eigenvalue weighted by atomic mass is 16.5. The number of nitrogens with zero attached hydrogens (tertiary/aromatic N) is 1. The fourth-order valence-corrected chi connectivity index (χ4v) is 5.88. The number of benzene rings is 3. The molecule has 7 heteroatoms. The third-order valence-corrected chi connectivity index (χ3v) is 7.87. The van der Waals surface area contributed by atoms with Gasteiger partial charge in [0, 0.05) is 36.6 Å². The molecule has 0 spiro atoms. The first kappa shape index (κ1) is 22.9. The van der Waals surface area contributed by atoms with E-state index in [1.807, 2.05) is 30.3 Å². The molecule has 3 aromatic carbocycles. The van der Waals surface area contributed by atoms with Crippen molar-refractivity contribution in [3.63, 3.8) is 0 Å². The van der Waals surface area contributed by atoms with E-state index in [2.05, 4.69) is 29.6 Å². The molecule has 3 aliphatic heterocycles. The predicted molar refractivity (Wildman–Crippen MR) is 137 cm³/mol. The Morgan fingerprint density at radius 2 is 1.75 bits per heavy atom. The number of nitrogens with one attached hydrogen (secondary N) is 1. The third-order valence-electron chi connectivity index (χ3n) is 7.87. The van der Waals surface area contributed by atoms with Crippen LogP contribution in [0.2, 0.25) is 0 Å². The van der Waals surface area contributed by atoms with E-state index >= 15 is 0 Å². The Bertz CT molecular complexity index is 1360. The van der Waals surface area contributed by atoms with Gasteiger partial charge in [-0.05, 0) is 65.8 Å². The van der Waals surface area contributed by atoms with Crippen LogP contribution in [0.1, 0.15) is 58.8 Å². The van der Waals surface area contributed by atoms with Gasteiger partial charge in [-0.15, -0.1) is 0 Å². The molecular formula is C29H29N3O4. The summed E-state index contributed by atoms with van der Waals surface area (Å²) in [6, 6.07) is 17.6. The summed E-state index contributed by atoms with van der Waals surface area (Å²) in [6.07, 6.45) is 3.28. The average molecular weight is 484 g/mol. The van der Waals surface area contributed by atoms with Gasteiger partial charge in [-0.25, -0.2) is 0 Å². The second-order valence-electron chi connectivity index (χ2n) is 10.0. The zero-order valence-corrected chi connectivity index (χ0v) is 20.0. The highest BCUT2D eigenvalue weighted by Crippen LogP contribution is 2.41. The first-order chi connectivity index (χ1) is 17.5. The Morgan fingerprint density at radius 1 is 0.972 bits per heavy atom. The summed E-state index contributed by atoms with van der Waals surface area (Å²) in [7, 11) is 0. The van der Waals surface area contributed by atoms with Crippen LogP contribution in [0.15, 0.2) is 54.6 Å². The summed E-state index contributed by atoms with van der Waals surface area (Å²) in [5.41, 5.74) is 11.3. The van der Waals surface area contributed by atoms with Crippen LogP contribution in [-0.4, -0.2) is 37.0 Å². The van der Waals surface area contributed by atoms with Crippen molar-refractivity contribution in [3.05, 3.63) is 76.9 Å². The maximum absolute atomic E-state index is 13.3. The molecule has 7 nitrogen and oxygen atoms in total. The molecule has 3 amide bonds.